The molecule has 0 radical (unpaired) electrons. The molecule has 6 nitrogen and oxygen atoms in total. The smallest absolute Gasteiger partial charge is 0.248 e. The third-order valence-electron chi connectivity index (χ3n) is 3.85. The molecule has 1 atom stereocenters. The minimum Gasteiger partial charge on any atom is -0.441 e. The number of carbonyl (C=O) groups excluding carboxylic acids is 2. The molecule has 0 spiro atoms. The Morgan fingerprint density at radius 2 is 2.12 bits per heavy atom. The summed E-state index contributed by atoms with van der Waals surface area (Å²) in [6.07, 6.45) is 0. The Kier molecular flexibility index (Phi) is 4.29. The standard InChI is InChI=1S/C17H21N3O3S/c1-10-18-12-7-11(5-6-14(12)23-10)19-15(21)13-8-24-9-20(13)16(22)17(2,3)4/h5-7,13H,8-9H2,1-4H3,(H,19,21)/t13-/m0/s1. The van der Waals surface area contributed by atoms with Gasteiger partial charge in [-0.3, -0.25) is 9.59 Å². The van der Waals surface area contributed by atoms with E-state index in [1.165, 1.54) is 0 Å². The Labute approximate surface area is 145 Å². The number of thioether (sulfide) groups is 1. The summed E-state index contributed by atoms with van der Waals surface area (Å²) in [5.74, 6) is 1.57. The predicted octanol–water partition coefficient (Wildman–Crippen LogP) is 3.02. The fourth-order valence-electron chi connectivity index (χ4n) is 2.64. The summed E-state index contributed by atoms with van der Waals surface area (Å²) in [7, 11) is 0. The second-order valence-corrected chi connectivity index (χ2v) is 7.95. The lowest BCUT2D eigenvalue weighted by Crippen LogP contribution is -2.48. The van der Waals surface area contributed by atoms with Crippen molar-refractivity contribution in [3.8, 4) is 0 Å². The summed E-state index contributed by atoms with van der Waals surface area (Å²) in [5.41, 5.74) is 1.54. The van der Waals surface area contributed by atoms with Gasteiger partial charge in [0.15, 0.2) is 11.5 Å². The minimum atomic E-state index is -0.499. The Bertz CT molecular complexity index is 794. The maximum Gasteiger partial charge on any atom is 0.248 e. The summed E-state index contributed by atoms with van der Waals surface area (Å²) in [5, 5.41) is 2.89. The fourth-order valence-corrected chi connectivity index (χ4v) is 3.79. The van der Waals surface area contributed by atoms with Crippen LogP contribution in [-0.4, -0.2) is 39.4 Å². The number of nitrogens with one attached hydrogen (secondary N) is 1. The maximum absolute atomic E-state index is 12.6. The highest BCUT2D eigenvalue weighted by atomic mass is 32.2. The van der Waals surface area contributed by atoms with Crippen molar-refractivity contribution in [3.63, 3.8) is 0 Å². The number of amides is 2. The molecule has 1 N–H and O–H groups in total. The molecular formula is C17H21N3O3S. The van der Waals surface area contributed by atoms with Crippen LogP contribution in [0.2, 0.25) is 0 Å². The molecule has 2 aromatic rings. The molecule has 1 saturated heterocycles. The quantitative estimate of drug-likeness (QED) is 0.904. The van der Waals surface area contributed by atoms with Gasteiger partial charge in [-0.15, -0.1) is 11.8 Å². The minimum absolute atomic E-state index is 0.00442. The first-order chi connectivity index (χ1) is 11.3. The third-order valence-corrected chi connectivity index (χ3v) is 4.86. The number of nitrogens with zero attached hydrogens (tertiary/aromatic N) is 2. The van der Waals surface area contributed by atoms with E-state index in [4.69, 9.17) is 4.42 Å². The second kappa shape index (κ2) is 6.12. The number of fused-ring (bicyclic) bond motifs is 1. The molecule has 1 aliphatic heterocycles. The van der Waals surface area contributed by atoms with Crippen molar-refractivity contribution < 1.29 is 14.0 Å². The van der Waals surface area contributed by atoms with Crippen molar-refractivity contribution in [3.05, 3.63) is 24.1 Å². The number of anilines is 1. The number of benzene rings is 1. The van der Waals surface area contributed by atoms with E-state index in [-0.39, 0.29) is 11.8 Å². The molecule has 0 saturated carbocycles. The Morgan fingerprint density at radius 1 is 1.38 bits per heavy atom. The van der Waals surface area contributed by atoms with Gasteiger partial charge in [0.05, 0.1) is 5.88 Å². The molecule has 3 rings (SSSR count). The van der Waals surface area contributed by atoms with Crippen LogP contribution in [0.3, 0.4) is 0 Å². The van der Waals surface area contributed by atoms with Crippen molar-refractivity contribution in [1.82, 2.24) is 9.88 Å². The largest absolute Gasteiger partial charge is 0.441 e. The molecule has 128 valence electrons. The van der Waals surface area contributed by atoms with E-state index >= 15 is 0 Å². The van der Waals surface area contributed by atoms with Crippen molar-refractivity contribution in [1.29, 1.82) is 0 Å². The number of carbonyl (C=O) groups is 2. The van der Waals surface area contributed by atoms with Crippen LogP contribution in [0, 0.1) is 12.3 Å². The molecule has 7 heteroatoms. The summed E-state index contributed by atoms with van der Waals surface area (Å²) >= 11 is 1.60. The average molecular weight is 347 g/mol. The van der Waals surface area contributed by atoms with Gasteiger partial charge in [0.2, 0.25) is 11.8 Å². The number of aromatic nitrogens is 1. The molecule has 1 aliphatic rings. The van der Waals surface area contributed by atoms with Crippen molar-refractivity contribution in [2.24, 2.45) is 5.41 Å². The number of hydrogen-bond acceptors (Lipinski definition) is 5. The van der Waals surface area contributed by atoms with Gasteiger partial charge in [-0.05, 0) is 18.2 Å². The van der Waals surface area contributed by atoms with E-state index in [1.807, 2.05) is 20.8 Å². The average Bonchev–Trinajstić information content (AvgIpc) is 3.10. The fraction of sp³-hybridized carbons (Fsp3) is 0.471. The van der Waals surface area contributed by atoms with E-state index in [1.54, 1.807) is 41.8 Å². The lowest BCUT2D eigenvalue weighted by atomic mass is 9.94. The van der Waals surface area contributed by atoms with Gasteiger partial charge in [0.1, 0.15) is 11.6 Å². The van der Waals surface area contributed by atoms with Crippen LogP contribution >= 0.6 is 11.8 Å². The highest BCUT2D eigenvalue weighted by Gasteiger charge is 2.39. The van der Waals surface area contributed by atoms with Gasteiger partial charge in [0.25, 0.3) is 0 Å². The van der Waals surface area contributed by atoms with Crippen molar-refractivity contribution in [2.75, 3.05) is 16.9 Å². The first-order valence-corrected chi connectivity index (χ1v) is 8.98. The monoisotopic (exact) mass is 347 g/mol. The Hall–Kier alpha value is -2.02. The lowest BCUT2D eigenvalue weighted by molar-refractivity contribution is -0.143. The third kappa shape index (κ3) is 3.26. The summed E-state index contributed by atoms with van der Waals surface area (Å²) in [6, 6.07) is 4.90. The second-order valence-electron chi connectivity index (χ2n) is 6.95. The first kappa shape index (κ1) is 16.8. The Morgan fingerprint density at radius 3 is 2.83 bits per heavy atom. The topological polar surface area (TPSA) is 75.4 Å². The SMILES string of the molecule is Cc1nc2cc(NC(=O)[C@@H]3CSCN3C(=O)C(C)(C)C)ccc2o1. The van der Waals surface area contributed by atoms with Crippen LogP contribution in [0.15, 0.2) is 22.6 Å². The first-order valence-electron chi connectivity index (χ1n) is 7.82. The van der Waals surface area contributed by atoms with E-state index < -0.39 is 11.5 Å². The lowest BCUT2D eigenvalue weighted by Gasteiger charge is -2.29. The number of aryl methyl sites for hydroxylation is 1. The van der Waals surface area contributed by atoms with Crippen LogP contribution in [0.25, 0.3) is 11.1 Å². The predicted molar refractivity (Wildman–Crippen MR) is 94.8 cm³/mol. The van der Waals surface area contributed by atoms with Crippen LogP contribution in [0.4, 0.5) is 5.69 Å². The number of rotatable bonds is 2. The summed E-state index contributed by atoms with van der Waals surface area (Å²) in [6.45, 7) is 7.39. The van der Waals surface area contributed by atoms with Gasteiger partial charge in [-0.2, -0.15) is 0 Å². The van der Waals surface area contributed by atoms with Gasteiger partial charge in [-0.25, -0.2) is 4.98 Å². The van der Waals surface area contributed by atoms with Gasteiger partial charge in [0, 0.05) is 23.8 Å². The molecule has 0 aliphatic carbocycles. The number of hydrogen-bond donors (Lipinski definition) is 1. The van der Waals surface area contributed by atoms with Gasteiger partial charge < -0.3 is 14.6 Å². The van der Waals surface area contributed by atoms with Crippen LogP contribution in [0.1, 0.15) is 26.7 Å². The number of oxazole rings is 1. The summed E-state index contributed by atoms with van der Waals surface area (Å²) in [4.78, 5) is 31.1. The molecule has 0 bridgehead atoms. The van der Waals surface area contributed by atoms with Crippen LogP contribution in [-0.2, 0) is 9.59 Å². The molecule has 0 unspecified atom stereocenters. The normalized spacial score (nSPS) is 18.2. The molecule has 1 aromatic carbocycles. The zero-order chi connectivity index (χ0) is 17.5. The molecule has 1 aromatic heterocycles. The highest BCUT2D eigenvalue weighted by Crippen LogP contribution is 2.28. The molecule has 24 heavy (non-hydrogen) atoms. The molecule has 2 heterocycles. The molecule has 2 amide bonds. The van der Waals surface area contributed by atoms with Crippen LogP contribution < -0.4 is 5.32 Å². The van der Waals surface area contributed by atoms with Crippen molar-refractivity contribution in [2.45, 2.75) is 33.7 Å². The summed E-state index contributed by atoms with van der Waals surface area (Å²) < 4.78 is 5.43. The highest BCUT2D eigenvalue weighted by molar-refractivity contribution is 7.99. The zero-order valence-corrected chi connectivity index (χ0v) is 15.1. The van der Waals surface area contributed by atoms with Crippen LogP contribution in [0.5, 0.6) is 0 Å². The van der Waals surface area contributed by atoms with Gasteiger partial charge >= 0.3 is 0 Å². The molecular weight excluding hydrogens is 326 g/mol. The zero-order valence-electron chi connectivity index (χ0n) is 14.3. The molecule has 1 fully saturated rings. The van der Waals surface area contributed by atoms with E-state index in [2.05, 4.69) is 10.3 Å². The van der Waals surface area contributed by atoms with Gasteiger partial charge in [-0.1, -0.05) is 20.8 Å². The van der Waals surface area contributed by atoms with E-state index in [9.17, 15) is 9.59 Å². The van der Waals surface area contributed by atoms with Crippen molar-refractivity contribution >= 4 is 40.4 Å². The van der Waals surface area contributed by atoms with E-state index in [0.29, 0.717) is 34.3 Å². The maximum atomic E-state index is 12.6. The Balaban J connectivity index is 1.76. The van der Waals surface area contributed by atoms with E-state index in [0.717, 1.165) is 0 Å².